The first kappa shape index (κ1) is 7.12. The lowest BCUT2D eigenvalue weighted by atomic mass is 10.3. The highest BCUT2D eigenvalue weighted by Crippen LogP contribution is 2.21. The van der Waals surface area contributed by atoms with Crippen molar-refractivity contribution in [2.45, 2.75) is 13.0 Å². The normalized spacial score (nSPS) is 12.1. The molecular weight excluding hydrogens is 146 g/mol. The zero-order valence-electron chi connectivity index (χ0n) is 5.56. The van der Waals surface area contributed by atoms with Crippen molar-refractivity contribution in [2.75, 3.05) is 0 Å². The van der Waals surface area contributed by atoms with Crippen LogP contribution in [0.5, 0.6) is 0 Å². The summed E-state index contributed by atoms with van der Waals surface area (Å²) in [6.07, 6.45) is 0. The predicted molar refractivity (Wildman–Crippen MR) is 41.9 cm³/mol. The third-order valence-corrected chi connectivity index (χ3v) is 2.22. The molecule has 0 radical (unpaired) electrons. The monoisotopic (exact) mass is 153 g/mol. The molecule has 0 aliphatic carbocycles. The van der Waals surface area contributed by atoms with Gasteiger partial charge in [0.15, 0.2) is 0 Å². The number of nitrogens with zero attached hydrogens (tertiary/aromatic N) is 3. The van der Waals surface area contributed by atoms with Gasteiger partial charge in [-0.2, -0.15) is 0 Å². The molecule has 0 N–H and O–H groups in total. The maximum Gasteiger partial charge on any atom is 0.0690 e. The molecule has 0 saturated heterocycles. The Balaban J connectivity index is 2.76. The lowest BCUT2D eigenvalue weighted by Gasteiger charge is -1.96. The van der Waals surface area contributed by atoms with Crippen LogP contribution in [0.1, 0.15) is 17.8 Å². The second kappa shape index (κ2) is 3.25. The summed E-state index contributed by atoms with van der Waals surface area (Å²) in [5.74, 6) is 0. The van der Waals surface area contributed by atoms with Crippen LogP contribution in [-0.2, 0) is 0 Å². The third kappa shape index (κ3) is 1.50. The number of thiophene rings is 1. The van der Waals surface area contributed by atoms with E-state index in [0.717, 1.165) is 4.88 Å². The van der Waals surface area contributed by atoms with Gasteiger partial charge in [0.25, 0.3) is 0 Å². The largest absolute Gasteiger partial charge is 0.149 e. The molecule has 0 bridgehead atoms. The van der Waals surface area contributed by atoms with Gasteiger partial charge >= 0.3 is 0 Å². The van der Waals surface area contributed by atoms with Gasteiger partial charge < -0.3 is 0 Å². The van der Waals surface area contributed by atoms with Gasteiger partial charge in [0, 0.05) is 9.79 Å². The summed E-state index contributed by atoms with van der Waals surface area (Å²) in [6, 6.07) is 3.89. The SMILES string of the molecule is C[C@@H](N=[N+]=[N-])c1cccs1. The average molecular weight is 153 g/mol. The highest BCUT2D eigenvalue weighted by molar-refractivity contribution is 7.10. The third-order valence-electron chi connectivity index (χ3n) is 1.18. The molecule has 1 aromatic heterocycles. The molecule has 0 amide bonds. The molecular formula is C6H7N3S. The van der Waals surface area contributed by atoms with Crippen LogP contribution >= 0.6 is 11.3 Å². The van der Waals surface area contributed by atoms with Gasteiger partial charge in [-0.1, -0.05) is 18.1 Å². The molecule has 0 saturated carbocycles. The van der Waals surface area contributed by atoms with Gasteiger partial charge in [0.2, 0.25) is 0 Å². The molecule has 10 heavy (non-hydrogen) atoms. The fourth-order valence-electron chi connectivity index (χ4n) is 0.663. The smallest absolute Gasteiger partial charge is 0.0690 e. The van der Waals surface area contributed by atoms with Crippen LogP contribution in [0, 0.1) is 0 Å². The summed E-state index contributed by atoms with van der Waals surface area (Å²) in [6.45, 7) is 1.88. The fourth-order valence-corrected chi connectivity index (χ4v) is 1.38. The number of rotatable bonds is 2. The Morgan fingerprint density at radius 1 is 1.80 bits per heavy atom. The minimum atomic E-state index is -0.0231. The van der Waals surface area contributed by atoms with Crippen LogP contribution in [0.2, 0.25) is 0 Å². The molecule has 1 atom stereocenters. The summed E-state index contributed by atoms with van der Waals surface area (Å²) < 4.78 is 0. The summed E-state index contributed by atoms with van der Waals surface area (Å²) in [7, 11) is 0. The summed E-state index contributed by atoms with van der Waals surface area (Å²) in [5, 5.41) is 5.53. The van der Waals surface area contributed by atoms with Crippen molar-refractivity contribution in [3.05, 3.63) is 32.8 Å². The molecule has 1 heterocycles. The zero-order chi connectivity index (χ0) is 7.40. The lowest BCUT2D eigenvalue weighted by Crippen LogP contribution is -1.79. The minimum Gasteiger partial charge on any atom is -0.149 e. The van der Waals surface area contributed by atoms with E-state index >= 15 is 0 Å². The van der Waals surface area contributed by atoms with E-state index in [9.17, 15) is 0 Å². The molecule has 0 aliphatic heterocycles. The van der Waals surface area contributed by atoms with Gasteiger partial charge in [0.05, 0.1) is 6.04 Å². The van der Waals surface area contributed by atoms with Crippen molar-refractivity contribution >= 4 is 11.3 Å². The lowest BCUT2D eigenvalue weighted by molar-refractivity contribution is 0.827. The highest BCUT2D eigenvalue weighted by atomic mass is 32.1. The van der Waals surface area contributed by atoms with Crippen LogP contribution in [0.4, 0.5) is 0 Å². The Kier molecular flexibility index (Phi) is 2.31. The van der Waals surface area contributed by atoms with Gasteiger partial charge in [0.1, 0.15) is 0 Å². The van der Waals surface area contributed by atoms with Gasteiger partial charge in [-0.05, 0) is 17.0 Å². The van der Waals surface area contributed by atoms with E-state index in [-0.39, 0.29) is 6.04 Å². The van der Waals surface area contributed by atoms with Crippen LogP contribution < -0.4 is 0 Å². The first-order valence-corrected chi connectivity index (χ1v) is 3.80. The van der Waals surface area contributed by atoms with Gasteiger partial charge in [-0.25, -0.2) is 0 Å². The Hall–Kier alpha value is -0.990. The standard InChI is InChI=1S/C6H7N3S/c1-5(8-9-7)6-3-2-4-10-6/h2-5H,1H3/t5-/m1/s1. The molecule has 0 aromatic carbocycles. The average Bonchev–Trinajstić information content (AvgIpc) is 2.38. The molecule has 4 heteroatoms. The van der Waals surface area contributed by atoms with Crippen molar-refractivity contribution in [2.24, 2.45) is 5.11 Å². The highest BCUT2D eigenvalue weighted by Gasteiger charge is 2.00. The second-order valence-electron chi connectivity index (χ2n) is 1.90. The maximum absolute atomic E-state index is 8.10. The number of hydrogen-bond acceptors (Lipinski definition) is 2. The van der Waals surface area contributed by atoms with Crippen LogP contribution in [0.25, 0.3) is 10.4 Å². The second-order valence-corrected chi connectivity index (χ2v) is 2.88. The Morgan fingerprint density at radius 2 is 2.60 bits per heavy atom. The van der Waals surface area contributed by atoms with E-state index < -0.39 is 0 Å². The maximum atomic E-state index is 8.10. The Morgan fingerprint density at radius 3 is 3.10 bits per heavy atom. The van der Waals surface area contributed by atoms with Crippen molar-refractivity contribution in [3.63, 3.8) is 0 Å². The molecule has 0 unspecified atom stereocenters. The Bertz CT molecular complexity index is 236. The molecule has 0 aliphatic rings. The first-order chi connectivity index (χ1) is 4.84. The number of azide groups is 1. The fraction of sp³-hybridized carbons (Fsp3) is 0.333. The van der Waals surface area contributed by atoms with E-state index in [1.807, 2.05) is 24.4 Å². The quantitative estimate of drug-likeness (QED) is 0.356. The van der Waals surface area contributed by atoms with E-state index in [4.69, 9.17) is 5.53 Å². The zero-order valence-corrected chi connectivity index (χ0v) is 6.38. The van der Waals surface area contributed by atoms with Gasteiger partial charge in [-0.3, -0.25) is 0 Å². The van der Waals surface area contributed by atoms with E-state index in [0.29, 0.717) is 0 Å². The van der Waals surface area contributed by atoms with E-state index in [2.05, 4.69) is 10.0 Å². The molecule has 1 rings (SSSR count). The van der Waals surface area contributed by atoms with Crippen molar-refractivity contribution in [1.82, 2.24) is 0 Å². The molecule has 3 nitrogen and oxygen atoms in total. The van der Waals surface area contributed by atoms with Gasteiger partial charge in [-0.15, -0.1) is 11.3 Å². The van der Waals surface area contributed by atoms with E-state index in [1.54, 1.807) is 11.3 Å². The topological polar surface area (TPSA) is 48.8 Å². The van der Waals surface area contributed by atoms with Crippen LogP contribution in [0.15, 0.2) is 22.6 Å². The molecule has 52 valence electrons. The van der Waals surface area contributed by atoms with Crippen molar-refractivity contribution < 1.29 is 0 Å². The van der Waals surface area contributed by atoms with Crippen LogP contribution in [0.3, 0.4) is 0 Å². The molecule has 0 fully saturated rings. The molecule has 0 spiro atoms. The summed E-state index contributed by atoms with van der Waals surface area (Å²) in [4.78, 5) is 3.83. The van der Waals surface area contributed by atoms with Crippen molar-refractivity contribution in [1.29, 1.82) is 0 Å². The number of hydrogen-bond donors (Lipinski definition) is 0. The van der Waals surface area contributed by atoms with Crippen LogP contribution in [-0.4, -0.2) is 0 Å². The molecule has 1 aromatic rings. The van der Waals surface area contributed by atoms with E-state index in [1.165, 1.54) is 0 Å². The Labute approximate surface area is 62.9 Å². The minimum absolute atomic E-state index is 0.0231. The predicted octanol–water partition coefficient (Wildman–Crippen LogP) is 3.12. The summed E-state index contributed by atoms with van der Waals surface area (Å²) >= 11 is 1.61. The summed E-state index contributed by atoms with van der Waals surface area (Å²) in [5.41, 5.74) is 8.10. The van der Waals surface area contributed by atoms with Crippen molar-refractivity contribution in [3.8, 4) is 0 Å². The first-order valence-electron chi connectivity index (χ1n) is 2.92.